The number of hydrogen-bond donors (Lipinski definition) is 1. The maximum atomic E-state index is 12.4. The number of aromatic nitrogens is 6. The molecule has 1 atom stereocenters. The Labute approximate surface area is 134 Å². The Morgan fingerprint density at radius 2 is 1.91 bits per heavy atom. The zero-order chi connectivity index (χ0) is 16.7. The number of nitrogens with zero attached hydrogens (tertiary/aromatic N) is 6. The molecule has 122 valence electrons. The summed E-state index contributed by atoms with van der Waals surface area (Å²) >= 11 is 0. The quantitative estimate of drug-likeness (QED) is 0.799. The number of nitrogens with one attached hydrogen (secondary N) is 1. The number of fused-ring (bicyclic) bond motifs is 1. The Hall–Kier alpha value is -2.64. The van der Waals surface area contributed by atoms with Crippen molar-refractivity contribution in [2.75, 3.05) is 5.32 Å². The number of anilines is 1. The predicted molar refractivity (Wildman–Crippen MR) is 87.2 cm³/mol. The van der Waals surface area contributed by atoms with Gasteiger partial charge >= 0.3 is 0 Å². The first-order valence-corrected chi connectivity index (χ1v) is 7.60. The third-order valence-corrected chi connectivity index (χ3v) is 3.88. The minimum absolute atomic E-state index is 0.133. The molecule has 3 aromatic rings. The second-order valence-electron chi connectivity index (χ2n) is 6.02. The SMILES string of the molecule is Cc1nn(C)c2cn([C@H](C)C(=O)Nc3cnn(C(C)C)c3)nc12. The standard InChI is InChI=1S/C15H21N7O/c1-9(2)21-7-12(6-16-21)17-15(23)11(4)22-8-13-14(19-22)10(3)18-20(13)5/h6-9,11H,1-5H3,(H,17,23)/t11-/m1/s1. The van der Waals surface area contributed by atoms with E-state index in [9.17, 15) is 4.79 Å². The second kappa shape index (κ2) is 5.53. The molecule has 3 rings (SSSR count). The summed E-state index contributed by atoms with van der Waals surface area (Å²) in [6.07, 6.45) is 5.32. The van der Waals surface area contributed by atoms with Gasteiger partial charge in [-0.15, -0.1) is 0 Å². The summed E-state index contributed by atoms with van der Waals surface area (Å²) in [6.45, 7) is 7.79. The molecule has 0 spiro atoms. The molecule has 0 aliphatic heterocycles. The van der Waals surface area contributed by atoms with Gasteiger partial charge in [0.2, 0.25) is 5.91 Å². The van der Waals surface area contributed by atoms with Gasteiger partial charge in [0.1, 0.15) is 17.1 Å². The van der Waals surface area contributed by atoms with E-state index >= 15 is 0 Å². The first-order chi connectivity index (χ1) is 10.9. The summed E-state index contributed by atoms with van der Waals surface area (Å²) < 4.78 is 5.24. The highest BCUT2D eigenvalue weighted by Crippen LogP contribution is 2.19. The van der Waals surface area contributed by atoms with Gasteiger partial charge in [-0.25, -0.2) is 0 Å². The topological polar surface area (TPSA) is 82.6 Å². The Bertz CT molecular complexity index is 820. The van der Waals surface area contributed by atoms with Gasteiger partial charge in [0.05, 0.1) is 23.8 Å². The van der Waals surface area contributed by atoms with Gasteiger partial charge in [-0.2, -0.15) is 15.3 Å². The second-order valence-corrected chi connectivity index (χ2v) is 6.02. The third-order valence-electron chi connectivity index (χ3n) is 3.88. The first kappa shape index (κ1) is 15.3. The van der Waals surface area contributed by atoms with Crippen LogP contribution in [0.15, 0.2) is 18.6 Å². The molecule has 8 nitrogen and oxygen atoms in total. The van der Waals surface area contributed by atoms with Crippen molar-refractivity contribution in [3.63, 3.8) is 0 Å². The maximum Gasteiger partial charge on any atom is 0.249 e. The molecular formula is C15H21N7O. The fourth-order valence-corrected chi connectivity index (χ4v) is 2.45. The van der Waals surface area contributed by atoms with Gasteiger partial charge in [0.25, 0.3) is 0 Å². The van der Waals surface area contributed by atoms with Gasteiger partial charge in [-0.05, 0) is 27.7 Å². The highest BCUT2D eigenvalue weighted by Gasteiger charge is 2.19. The van der Waals surface area contributed by atoms with Crippen molar-refractivity contribution >= 4 is 22.6 Å². The summed E-state index contributed by atoms with van der Waals surface area (Å²) in [5, 5.41) is 15.9. The highest BCUT2D eigenvalue weighted by atomic mass is 16.2. The molecule has 8 heteroatoms. The van der Waals surface area contributed by atoms with Crippen molar-refractivity contribution in [1.29, 1.82) is 0 Å². The Morgan fingerprint density at radius 3 is 2.52 bits per heavy atom. The Kier molecular flexibility index (Phi) is 3.67. The number of hydrogen-bond acceptors (Lipinski definition) is 4. The molecule has 0 saturated carbocycles. The molecule has 0 saturated heterocycles. The lowest BCUT2D eigenvalue weighted by Crippen LogP contribution is -2.24. The van der Waals surface area contributed by atoms with Crippen LogP contribution in [0, 0.1) is 6.92 Å². The van der Waals surface area contributed by atoms with E-state index in [1.165, 1.54) is 0 Å². The Balaban J connectivity index is 1.78. The van der Waals surface area contributed by atoms with Crippen LogP contribution in [-0.4, -0.2) is 35.2 Å². The monoisotopic (exact) mass is 315 g/mol. The fraction of sp³-hybridized carbons (Fsp3) is 0.467. The lowest BCUT2D eigenvalue weighted by molar-refractivity contribution is -0.119. The van der Waals surface area contributed by atoms with Crippen LogP contribution in [0.3, 0.4) is 0 Å². The number of aryl methyl sites for hydroxylation is 2. The Morgan fingerprint density at radius 1 is 1.17 bits per heavy atom. The smallest absolute Gasteiger partial charge is 0.249 e. The van der Waals surface area contributed by atoms with Crippen molar-refractivity contribution in [1.82, 2.24) is 29.3 Å². The van der Waals surface area contributed by atoms with E-state index < -0.39 is 6.04 Å². The molecule has 0 fully saturated rings. The number of amides is 1. The fourth-order valence-electron chi connectivity index (χ4n) is 2.45. The number of rotatable bonds is 4. The van der Waals surface area contributed by atoms with Crippen LogP contribution in [0.2, 0.25) is 0 Å². The molecule has 0 aliphatic rings. The van der Waals surface area contributed by atoms with Crippen molar-refractivity contribution in [2.24, 2.45) is 7.05 Å². The van der Waals surface area contributed by atoms with Crippen LogP contribution >= 0.6 is 0 Å². The average Bonchev–Trinajstić information content (AvgIpc) is 3.17. The maximum absolute atomic E-state index is 12.4. The van der Waals surface area contributed by atoms with Crippen LogP contribution in [0.1, 0.15) is 38.5 Å². The molecule has 3 aromatic heterocycles. The molecule has 23 heavy (non-hydrogen) atoms. The summed E-state index contributed by atoms with van der Waals surface area (Å²) in [6, 6.07) is -0.172. The van der Waals surface area contributed by atoms with E-state index in [-0.39, 0.29) is 11.9 Å². The van der Waals surface area contributed by atoms with E-state index in [1.54, 1.807) is 20.2 Å². The minimum atomic E-state index is -0.427. The van der Waals surface area contributed by atoms with Gasteiger partial charge in [0, 0.05) is 19.3 Å². The third kappa shape index (κ3) is 2.71. The molecule has 1 amide bonds. The summed E-state index contributed by atoms with van der Waals surface area (Å²) in [7, 11) is 1.87. The minimum Gasteiger partial charge on any atom is -0.322 e. The predicted octanol–water partition coefficient (Wildman–Crippen LogP) is 2.06. The summed E-state index contributed by atoms with van der Waals surface area (Å²) in [5.41, 5.74) is 3.27. The van der Waals surface area contributed by atoms with Crippen LogP contribution in [-0.2, 0) is 11.8 Å². The molecule has 0 aromatic carbocycles. The van der Waals surface area contributed by atoms with Gasteiger partial charge in [-0.1, -0.05) is 0 Å². The van der Waals surface area contributed by atoms with Gasteiger partial charge in [0.15, 0.2) is 0 Å². The van der Waals surface area contributed by atoms with Crippen molar-refractivity contribution in [2.45, 2.75) is 39.8 Å². The van der Waals surface area contributed by atoms with E-state index in [0.717, 1.165) is 16.7 Å². The normalized spacial score (nSPS) is 13.0. The molecule has 3 heterocycles. The molecular weight excluding hydrogens is 294 g/mol. The summed E-state index contributed by atoms with van der Waals surface area (Å²) in [5.74, 6) is -0.133. The van der Waals surface area contributed by atoms with Gasteiger partial charge in [-0.3, -0.25) is 18.8 Å². The van der Waals surface area contributed by atoms with E-state index in [2.05, 4.69) is 20.6 Å². The van der Waals surface area contributed by atoms with Crippen LogP contribution in [0.25, 0.3) is 11.0 Å². The van der Waals surface area contributed by atoms with Gasteiger partial charge < -0.3 is 5.32 Å². The molecule has 0 aliphatic carbocycles. The van der Waals surface area contributed by atoms with Crippen LogP contribution in [0.5, 0.6) is 0 Å². The van der Waals surface area contributed by atoms with Crippen LogP contribution < -0.4 is 5.32 Å². The zero-order valence-electron chi connectivity index (χ0n) is 14.0. The first-order valence-electron chi connectivity index (χ1n) is 7.60. The van der Waals surface area contributed by atoms with Crippen LogP contribution in [0.4, 0.5) is 5.69 Å². The molecule has 0 bridgehead atoms. The van der Waals surface area contributed by atoms with Crippen molar-refractivity contribution in [3.8, 4) is 0 Å². The molecule has 1 N–H and O–H groups in total. The number of carbonyl (C=O) groups is 1. The zero-order valence-corrected chi connectivity index (χ0v) is 14.0. The lowest BCUT2D eigenvalue weighted by atomic mass is 10.3. The average molecular weight is 315 g/mol. The van der Waals surface area contributed by atoms with Crippen molar-refractivity contribution in [3.05, 3.63) is 24.3 Å². The molecule has 0 radical (unpaired) electrons. The molecule has 0 unspecified atom stereocenters. The largest absolute Gasteiger partial charge is 0.322 e. The van der Waals surface area contributed by atoms with Crippen molar-refractivity contribution < 1.29 is 4.79 Å². The van der Waals surface area contributed by atoms with E-state index in [4.69, 9.17) is 0 Å². The highest BCUT2D eigenvalue weighted by molar-refractivity contribution is 5.93. The number of carbonyl (C=O) groups excluding carboxylic acids is 1. The lowest BCUT2D eigenvalue weighted by Gasteiger charge is -2.11. The van der Waals surface area contributed by atoms with E-state index in [1.807, 2.05) is 47.1 Å². The van der Waals surface area contributed by atoms with E-state index in [0.29, 0.717) is 5.69 Å². The summed E-state index contributed by atoms with van der Waals surface area (Å²) in [4.78, 5) is 12.4.